The van der Waals surface area contributed by atoms with Crippen LogP contribution in [0.5, 0.6) is 0 Å². The number of ether oxygens (including phenoxy) is 1. The molecular formula is C23H20N4O5. The van der Waals surface area contributed by atoms with E-state index in [2.05, 4.69) is 20.7 Å². The molecule has 32 heavy (non-hydrogen) atoms. The zero-order valence-electron chi connectivity index (χ0n) is 17.7. The molecule has 0 aliphatic rings. The quantitative estimate of drug-likeness (QED) is 0.458. The lowest BCUT2D eigenvalue weighted by Gasteiger charge is -2.13. The molecule has 0 saturated heterocycles. The third kappa shape index (κ3) is 4.41. The molecule has 9 heteroatoms. The molecule has 1 atom stereocenters. The van der Waals surface area contributed by atoms with Crippen LogP contribution >= 0.6 is 0 Å². The number of carbonyl (C=O) groups excluding carboxylic acids is 2. The van der Waals surface area contributed by atoms with Crippen LogP contribution in [-0.4, -0.2) is 34.3 Å². The van der Waals surface area contributed by atoms with Gasteiger partial charge in [0.1, 0.15) is 0 Å². The first-order valence-corrected chi connectivity index (χ1v) is 9.77. The second-order valence-corrected chi connectivity index (χ2v) is 7.18. The van der Waals surface area contributed by atoms with Gasteiger partial charge in [0.15, 0.2) is 11.5 Å². The number of benzene rings is 2. The minimum atomic E-state index is -1.28. The van der Waals surface area contributed by atoms with Crippen molar-refractivity contribution >= 4 is 11.9 Å². The summed E-state index contributed by atoms with van der Waals surface area (Å²) in [6.07, 6.45) is 0. The Balaban J connectivity index is 1.56. The first-order valence-electron chi connectivity index (χ1n) is 9.77. The maximum absolute atomic E-state index is 12.6. The molecule has 2 aromatic heterocycles. The summed E-state index contributed by atoms with van der Waals surface area (Å²) >= 11 is 0. The van der Waals surface area contributed by atoms with E-state index in [0.717, 1.165) is 16.7 Å². The van der Waals surface area contributed by atoms with E-state index >= 15 is 0 Å². The summed E-state index contributed by atoms with van der Waals surface area (Å²) in [4.78, 5) is 24.9. The molecule has 1 unspecified atom stereocenters. The van der Waals surface area contributed by atoms with Crippen molar-refractivity contribution in [2.45, 2.75) is 19.9 Å². The zero-order chi connectivity index (χ0) is 22.7. The van der Waals surface area contributed by atoms with Crippen molar-refractivity contribution in [3.63, 3.8) is 0 Å². The summed E-state index contributed by atoms with van der Waals surface area (Å²) in [6, 6.07) is 15.0. The van der Waals surface area contributed by atoms with Gasteiger partial charge in [0, 0.05) is 17.2 Å². The highest BCUT2D eigenvalue weighted by molar-refractivity contribution is 5.96. The van der Waals surface area contributed by atoms with Crippen molar-refractivity contribution in [2.75, 3.05) is 7.11 Å². The molecule has 1 N–H and O–H groups in total. The maximum Gasteiger partial charge on any atom is 0.338 e. The summed E-state index contributed by atoms with van der Waals surface area (Å²) in [5.74, 6) is -0.797. The molecule has 0 aliphatic heterocycles. The molecule has 4 aromatic rings. The molecule has 0 fully saturated rings. The topological polar surface area (TPSA) is 120 Å². The van der Waals surface area contributed by atoms with Crippen LogP contribution in [0.1, 0.15) is 33.4 Å². The number of nitrogens with one attached hydrogen (secondary N) is 1. The average Bonchev–Trinajstić information content (AvgIpc) is 3.48. The molecule has 2 heterocycles. The van der Waals surface area contributed by atoms with Crippen LogP contribution < -0.4 is 5.32 Å². The van der Waals surface area contributed by atoms with Gasteiger partial charge >= 0.3 is 5.97 Å². The summed E-state index contributed by atoms with van der Waals surface area (Å²) in [6.45, 7) is 3.90. The van der Waals surface area contributed by atoms with E-state index in [4.69, 9.17) is 13.7 Å². The van der Waals surface area contributed by atoms with Crippen molar-refractivity contribution in [2.24, 2.45) is 0 Å². The van der Waals surface area contributed by atoms with Gasteiger partial charge in [-0.2, -0.15) is 0 Å². The number of rotatable bonds is 6. The summed E-state index contributed by atoms with van der Waals surface area (Å²) in [5.41, 5.74) is 3.64. The monoisotopic (exact) mass is 432 g/mol. The van der Waals surface area contributed by atoms with Gasteiger partial charge in [0.25, 0.3) is 17.7 Å². The van der Waals surface area contributed by atoms with Crippen molar-refractivity contribution in [3.8, 4) is 22.9 Å². The van der Waals surface area contributed by atoms with Crippen molar-refractivity contribution < 1.29 is 23.3 Å². The summed E-state index contributed by atoms with van der Waals surface area (Å²) in [7, 11) is 1.20. The molecule has 0 saturated carbocycles. The molecule has 162 valence electrons. The Morgan fingerprint density at radius 1 is 0.969 bits per heavy atom. The maximum atomic E-state index is 12.6. The van der Waals surface area contributed by atoms with Gasteiger partial charge in [0.05, 0.1) is 7.11 Å². The number of aryl methyl sites for hydroxylation is 2. The molecule has 0 spiro atoms. The fourth-order valence-electron chi connectivity index (χ4n) is 2.94. The average molecular weight is 432 g/mol. The van der Waals surface area contributed by atoms with Crippen LogP contribution in [-0.2, 0) is 9.53 Å². The molecule has 0 aliphatic carbocycles. The number of hydrogen-bond donors (Lipinski definition) is 1. The Bertz CT molecular complexity index is 1240. The van der Waals surface area contributed by atoms with Gasteiger partial charge in [-0.3, -0.25) is 4.79 Å². The number of methoxy groups -OCH3 is 1. The lowest BCUT2D eigenvalue weighted by Crippen LogP contribution is -2.34. The Hall–Kier alpha value is -4.27. The van der Waals surface area contributed by atoms with Crippen LogP contribution in [0.4, 0.5) is 0 Å². The molecule has 1 amide bonds. The normalized spacial score (nSPS) is 11.7. The Kier molecular flexibility index (Phi) is 5.80. The van der Waals surface area contributed by atoms with Crippen molar-refractivity contribution in [1.82, 2.24) is 20.7 Å². The third-order valence-corrected chi connectivity index (χ3v) is 4.78. The first-order chi connectivity index (χ1) is 15.4. The minimum Gasteiger partial charge on any atom is -0.467 e. The molecule has 2 aromatic carbocycles. The Morgan fingerprint density at radius 3 is 2.28 bits per heavy atom. The SMILES string of the molecule is COC(=O)C(NC(=O)c1ccc(C)cc1)c1nnc(-c2cc(-c3ccc(C)cc3)on2)o1. The number of nitrogens with zero attached hydrogens (tertiary/aromatic N) is 3. The second-order valence-electron chi connectivity index (χ2n) is 7.18. The fraction of sp³-hybridized carbons (Fsp3) is 0.174. The molecule has 0 radical (unpaired) electrons. The highest BCUT2D eigenvalue weighted by atomic mass is 16.5. The van der Waals surface area contributed by atoms with Gasteiger partial charge in [-0.25, -0.2) is 4.79 Å². The van der Waals surface area contributed by atoms with Crippen LogP contribution in [0, 0.1) is 13.8 Å². The van der Waals surface area contributed by atoms with Crippen LogP contribution in [0.15, 0.2) is 63.5 Å². The number of amides is 1. The van der Waals surface area contributed by atoms with Gasteiger partial charge in [-0.05, 0) is 26.0 Å². The van der Waals surface area contributed by atoms with E-state index in [0.29, 0.717) is 17.0 Å². The standard InChI is InChI=1S/C23H20N4O5/c1-13-4-8-15(9-5-13)18-12-17(27-32-18)21-25-26-22(31-21)19(23(29)30-3)24-20(28)16-10-6-14(2)7-11-16/h4-12,19H,1-3H3,(H,24,28). The predicted octanol–water partition coefficient (Wildman–Crippen LogP) is 3.65. The third-order valence-electron chi connectivity index (χ3n) is 4.78. The summed E-state index contributed by atoms with van der Waals surface area (Å²) in [5, 5.41) is 14.4. The summed E-state index contributed by atoms with van der Waals surface area (Å²) < 4.78 is 15.8. The largest absolute Gasteiger partial charge is 0.467 e. The van der Waals surface area contributed by atoms with E-state index in [1.54, 1.807) is 30.3 Å². The highest BCUT2D eigenvalue weighted by Crippen LogP contribution is 2.27. The number of carbonyl (C=O) groups is 2. The van der Waals surface area contributed by atoms with Crippen molar-refractivity contribution in [1.29, 1.82) is 0 Å². The lowest BCUT2D eigenvalue weighted by molar-refractivity contribution is -0.143. The molecule has 0 bridgehead atoms. The Morgan fingerprint density at radius 2 is 1.62 bits per heavy atom. The van der Waals surface area contributed by atoms with Crippen molar-refractivity contribution in [3.05, 3.63) is 77.2 Å². The molecule has 4 rings (SSSR count). The van der Waals surface area contributed by atoms with E-state index in [-0.39, 0.29) is 11.8 Å². The van der Waals surface area contributed by atoms with Crippen LogP contribution in [0.3, 0.4) is 0 Å². The number of aromatic nitrogens is 3. The Labute approximate surface area is 183 Å². The molecular weight excluding hydrogens is 412 g/mol. The first kappa shape index (κ1) is 21.0. The highest BCUT2D eigenvalue weighted by Gasteiger charge is 2.30. The molecule has 9 nitrogen and oxygen atoms in total. The van der Waals surface area contributed by atoms with E-state index < -0.39 is 17.9 Å². The van der Waals surface area contributed by atoms with Crippen LogP contribution in [0.2, 0.25) is 0 Å². The second kappa shape index (κ2) is 8.84. The zero-order valence-corrected chi connectivity index (χ0v) is 17.7. The predicted molar refractivity (Wildman–Crippen MR) is 113 cm³/mol. The number of hydrogen-bond acceptors (Lipinski definition) is 8. The fourth-order valence-corrected chi connectivity index (χ4v) is 2.94. The van der Waals surface area contributed by atoms with Crippen LogP contribution in [0.25, 0.3) is 22.9 Å². The van der Waals surface area contributed by atoms with E-state index in [1.165, 1.54) is 7.11 Å². The van der Waals surface area contributed by atoms with Gasteiger partial charge in [-0.1, -0.05) is 52.7 Å². The number of esters is 1. The minimum absolute atomic E-state index is 0.0422. The van der Waals surface area contributed by atoms with Gasteiger partial charge in [0.2, 0.25) is 6.04 Å². The van der Waals surface area contributed by atoms with E-state index in [1.807, 2.05) is 38.1 Å². The van der Waals surface area contributed by atoms with Gasteiger partial charge in [-0.15, -0.1) is 10.2 Å². The van der Waals surface area contributed by atoms with E-state index in [9.17, 15) is 9.59 Å². The lowest BCUT2D eigenvalue weighted by atomic mass is 10.1. The van der Waals surface area contributed by atoms with Gasteiger partial charge < -0.3 is 19.0 Å². The smallest absolute Gasteiger partial charge is 0.338 e.